The number of aliphatic hydroxyl groups excluding tert-OH is 2. The number of nitrogens with one attached hydrogen (secondary N) is 3. The normalized spacial score (nSPS) is 15.8. The summed E-state index contributed by atoms with van der Waals surface area (Å²) in [6.45, 7) is 7.24. The highest BCUT2D eigenvalue weighted by Crippen LogP contribution is 2.22. The molecule has 0 heterocycles. The molecule has 324 valence electrons. The van der Waals surface area contributed by atoms with Crippen LogP contribution in [0.3, 0.4) is 0 Å². The summed E-state index contributed by atoms with van der Waals surface area (Å²) in [5.41, 5.74) is 22.2. The Hall–Kier alpha value is -5.43. The van der Waals surface area contributed by atoms with E-state index >= 15 is 0 Å². The van der Waals surface area contributed by atoms with E-state index in [1.54, 1.807) is 6.92 Å². The van der Waals surface area contributed by atoms with Crippen LogP contribution in [0.4, 0.5) is 0 Å². The Bertz CT molecular complexity index is 1610. The van der Waals surface area contributed by atoms with Crippen LogP contribution in [0.2, 0.25) is 0 Å². The van der Waals surface area contributed by atoms with Crippen molar-refractivity contribution in [1.29, 1.82) is 0 Å². The quantitative estimate of drug-likeness (QED) is 0.0265. The van der Waals surface area contributed by atoms with Gasteiger partial charge in [-0.1, -0.05) is 46.2 Å². The van der Waals surface area contributed by atoms with Crippen LogP contribution in [0.5, 0.6) is 5.75 Å². The molecule has 0 bridgehead atoms. The predicted octanol–water partition coefficient (Wildman–Crippen LogP) is -1.40. The first-order valence-electron chi connectivity index (χ1n) is 19.3. The van der Waals surface area contributed by atoms with Crippen molar-refractivity contribution in [2.24, 2.45) is 57.5 Å². The largest absolute Gasteiger partial charge is 0.508 e. The molecule has 0 spiro atoms. The number of aliphatic hydroxyl groups is 2. The maximum absolute atomic E-state index is 14.0. The lowest BCUT2D eigenvalue weighted by atomic mass is 9.87. The third-order valence-corrected chi connectivity index (χ3v) is 9.87. The standard InChI is InChI=1S/C39H62N8O11/c1-6-20(2)33(30(52)14-21(3)35(41)55)46-38(58)26(15-24-9-11-27(50)12-10-24)17-29(51)28(18-32(40)54)45-37(57)25(8-7-13-44-39(42)43)16-31(53)34(23(5)49)47-36(56)22(4)19-48/h9-12,20-23,25-26,28,33-34,48-50H,6-8,13-19H2,1-5H3,(H2,40,54)(H2,41,55)(H,45,57)(H,46,58)(H,47,56)(H4,42,43,44)/t20-,21+,22-,23+,25+,26+,28-,33-,34-/m0/s1. The summed E-state index contributed by atoms with van der Waals surface area (Å²) < 4.78 is 0. The first-order chi connectivity index (χ1) is 27.1. The van der Waals surface area contributed by atoms with Gasteiger partial charge in [0.2, 0.25) is 29.5 Å². The molecule has 19 heteroatoms. The van der Waals surface area contributed by atoms with Gasteiger partial charge in [0.1, 0.15) is 11.8 Å². The van der Waals surface area contributed by atoms with Crippen LogP contribution in [0.15, 0.2) is 29.3 Å². The second-order valence-corrected chi connectivity index (χ2v) is 14.9. The molecule has 0 radical (unpaired) electrons. The second-order valence-electron chi connectivity index (χ2n) is 14.9. The van der Waals surface area contributed by atoms with E-state index in [0.29, 0.717) is 12.0 Å². The Labute approximate surface area is 338 Å². The maximum Gasteiger partial charge on any atom is 0.225 e. The van der Waals surface area contributed by atoms with E-state index < -0.39 is 121 Å². The number of hydrogen-bond acceptors (Lipinski definition) is 12. The van der Waals surface area contributed by atoms with Crippen LogP contribution in [0, 0.1) is 29.6 Å². The lowest BCUT2D eigenvalue weighted by Crippen LogP contribution is -2.51. The number of carbonyl (C=O) groups is 8. The average Bonchev–Trinajstić information content (AvgIpc) is 3.15. The van der Waals surface area contributed by atoms with E-state index in [9.17, 15) is 53.7 Å². The van der Waals surface area contributed by atoms with Gasteiger partial charge < -0.3 is 54.2 Å². The van der Waals surface area contributed by atoms with Crippen LogP contribution in [0.25, 0.3) is 0 Å². The van der Waals surface area contributed by atoms with Crippen LogP contribution < -0.4 is 38.9 Å². The van der Waals surface area contributed by atoms with Crippen LogP contribution in [-0.4, -0.2) is 106 Å². The molecule has 1 aromatic carbocycles. The summed E-state index contributed by atoms with van der Waals surface area (Å²) in [7, 11) is 0. The van der Waals surface area contributed by atoms with Gasteiger partial charge in [0.05, 0.1) is 37.1 Å². The molecular formula is C39H62N8O11. The van der Waals surface area contributed by atoms with Crippen molar-refractivity contribution >= 4 is 52.8 Å². The van der Waals surface area contributed by atoms with Gasteiger partial charge in [-0.15, -0.1) is 0 Å². The molecule has 58 heavy (non-hydrogen) atoms. The number of Topliss-reactive ketones (excluding diaryl/α,β-unsaturated/α-hetero) is 3. The highest BCUT2D eigenvalue weighted by atomic mass is 16.3. The van der Waals surface area contributed by atoms with E-state index in [4.69, 9.17) is 22.9 Å². The zero-order valence-electron chi connectivity index (χ0n) is 33.9. The fourth-order valence-corrected chi connectivity index (χ4v) is 5.96. The lowest BCUT2D eigenvalue weighted by Gasteiger charge is -2.28. The number of aromatic hydroxyl groups is 1. The molecule has 0 aliphatic heterocycles. The van der Waals surface area contributed by atoms with Gasteiger partial charge in [0.15, 0.2) is 23.3 Å². The fraction of sp³-hybridized carbons (Fsp3) is 0.615. The Morgan fingerprint density at radius 2 is 1.26 bits per heavy atom. The molecule has 0 aromatic heterocycles. The SMILES string of the molecule is CC[C@H](C)[C@H](NC(=O)[C@@H](CC(=O)[C@H](CC(N)=O)NC(=O)[C@H](CCCN=C(N)N)CC(=O)[C@@H](NC(=O)[C@@H](C)CO)[C@@H](C)O)Cc1ccc(O)cc1)C(=O)C[C@@H](C)C(N)=O. The second kappa shape index (κ2) is 25.0. The molecule has 5 amide bonds. The molecule has 19 nitrogen and oxygen atoms in total. The van der Waals surface area contributed by atoms with Crippen molar-refractivity contribution in [2.45, 2.75) is 110 Å². The Morgan fingerprint density at radius 1 is 0.707 bits per heavy atom. The molecule has 0 saturated heterocycles. The number of primary amides is 2. The topological polar surface area (TPSA) is 350 Å². The monoisotopic (exact) mass is 818 g/mol. The van der Waals surface area contributed by atoms with Gasteiger partial charge >= 0.3 is 0 Å². The van der Waals surface area contributed by atoms with Gasteiger partial charge in [0, 0.05) is 43.6 Å². The molecule has 0 saturated carbocycles. The minimum absolute atomic E-state index is 0.0232. The van der Waals surface area contributed by atoms with Gasteiger partial charge in [-0.3, -0.25) is 43.3 Å². The highest BCUT2D eigenvalue weighted by Gasteiger charge is 2.36. The smallest absolute Gasteiger partial charge is 0.225 e. The molecule has 9 atom stereocenters. The first-order valence-corrected chi connectivity index (χ1v) is 19.3. The number of guanidine groups is 1. The fourth-order valence-electron chi connectivity index (χ4n) is 5.96. The molecular weight excluding hydrogens is 756 g/mol. The van der Waals surface area contributed by atoms with Gasteiger partial charge in [0.25, 0.3) is 0 Å². The van der Waals surface area contributed by atoms with Crippen molar-refractivity contribution in [1.82, 2.24) is 16.0 Å². The molecule has 1 aromatic rings. The number of amides is 5. The van der Waals surface area contributed by atoms with E-state index in [1.807, 2.05) is 6.92 Å². The number of nitrogens with zero attached hydrogens (tertiary/aromatic N) is 1. The number of aliphatic imine (C=N–C) groups is 1. The summed E-state index contributed by atoms with van der Waals surface area (Å²) in [5.74, 6) is -10.6. The van der Waals surface area contributed by atoms with Gasteiger partial charge in [-0.05, 0) is 49.8 Å². The minimum atomic E-state index is -1.57. The first kappa shape index (κ1) is 50.6. The van der Waals surface area contributed by atoms with E-state index in [0.717, 1.165) is 0 Å². The Morgan fingerprint density at radius 3 is 1.78 bits per heavy atom. The molecule has 0 aliphatic carbocycles. The number of hydrogen-bond donors (Lipinski definition) is 10. The number of nitrogens with two attached hydrogens (primary N) is 4. The zero-order valence-corrected chi connectivity index (χ0v) is 33.9. The van der Waals surface area contributed by atoms with Crippen molar-refractivity contribution in [2.75, 3.05) is 13.2 Å². The molecule has 0 fully saturated rings. The van der Waals surface area contributed by atoms with E-state index in [-0.39, 0.29) is 49.9 Å². The number of phenolic OH excluding ortho intramolecular Hbond substituents is 1. The van der Waals surface area contributed by atoms with Gasteiger partial charge in [-0.25, -0.2) is 0 Å². The molecule has 14 N–H and O–H groups in total. The molecule has 1 rings (SSSR count). The van der Waals surface area contributed by atoms with Crippen molar-refractivity contribution in [3.05, 3.63) is 29.8 Å². The number of carbonyl (C=O) groups excluding carboxylic acids is 8. The van der Waals surface area contributed by atoms with Crippen LogP contribution >= 0.6 is 0 Å². The predicted molar refractivity (Wildman–Crippen MR) is 213 cm³/mol. The lowest BCUT2D eigenvalue weighted by molar-refractivity contribution is -0.137. The van der Waals surface area contributed by atoms with Crippen LogP contribution in [0.1, 0.15) is 85.1 Å². The van der Waals surface area contributed by atoms with E-state index in [1.165, 1.54) is 45.0 Å². The number of phenols is 1. The summed E-state index contributed by atoms with van der Waals surface area (Å²) in [6.07, 6.45) is -2.86. The summed E-state index contributed by atoms with van der Waals surface area (Å²) in [4.78, 5) is 109. The van der Waals surface area contributed by atoms with Crippen LogP contribution in [-0.2, 0) is 44.8 Å². The Kier molecular flexibility index (Phi) is 21.8. The highest BCUT2D eigenvalue weighted by molar-refractivity contribution is 5.98. The van der Waals surface area contributed by atoms with Crippen molar-refractivity contribution in [3.63, 3.8) is 0 Å². The summed E-state index contributed by atoms with van der Waals surface area (Å²) in [5, 5.41) is 37.1. The molecule has 0 aliphatic rings. The zero-order chi connectivity index (χ0) is 44.3. The van der Waals surface area contributed by atoms with Crippen molar-refractivity contribution in [3.8, 4) is 5.75 Å². The van der Waals surface area contributed by atoms with E-state index in [2.05, 4.69) is 20.9 Å². The molecule has 0 unspecified atom stereocenters. The Balaban J connectivity index is 3.52. The summed E-state index contributed by atoms with van der Waals surface area (Å²) in [6, 6.07) is 1.76. The number of rotatable bonds is 28. The third-order valence-electron chi connectivity index (χ3n) is 9.87. The third kappa shape index (κ3) is 17.8. The number of benzene rings is 1. The van der Waals surface area contributed by atoms with Crippen molar-refractivity contribution < 1.29 is 53.7 Å². The maximum atomic E-state index is 14.0. The summed E-state index contributed by atoms with van der Waals surface area (Å²) >= 11 is 0. The minimum Gasteiger partial charge on any atom is -0.508 e. The average molecular weight is 819 g/mol. The number of ketones is 3. The van der Waals surface area contributed by atoms with Gasteiger partial charge in [-0.2, -0.15) is 0 Å².